The Labute approximate surface area is 74.6 Å². The monoisotopic (exact) mass is 195 g/mol. The van der Waals surface area contributed by atoms with Crippen molar-refractivity contribution in [2.45, 2.75) is 19.4 Å². The van der Waals surface area contributed by atoms with Crippen molar-refractivity contribution in [1.82, 2.24) is 5.32 Å². The zero-order valence-electron chi connectivity index (χ0n) is 6.76. The third kappa shape index (κ3) is 3.43. The number of carbonyl (C=O) groups excluding carboxylic acids is 1. The molecule has 0 bridgehead atoms. The van der Waals surface area contributed by atoms with Crippen LogP contribution in [0.25, 0.3) is 0 Å². The zero-order valence-corrected chi connectivity index (χ0v) is 7.51. The van der Waals surface area contributed by atoms with Crippen molar-refractivity contribution < 1.29 is 19.4 Å². The number of hydrogen-bond acceptors (Lipinski definition) is 3. The van der Waals surface area contributed by atoms with Crippen molar-refractivity contribution in [3.63, 3.8) is 0 Å². The molecule has 0 fully saturated rings. The van der Waals surface area contributed by atoms with Gasteiger partial charge < -0.3 is 15.2 Å². The second kappa shape index (κ2) is 4.15. The van der Waals surface area contributed by atoms with Gasteiger partial charge in [0.05, 0.1) is 0 Å². The zero-order chi connectivity index (χ0) is 9.78. The van der Waals surface area contributed by atoms with Crippen LogP contribution in [0.2, 0.25) is 0 Å². The molecule has 0 saturated carbocycles. The van der Waals surface area contributed by atoms with Crippen molar-refractivity contribution >= 4 is 23.7 Å². The predicted octanol–water partition coefficient (Wildman–Crippen LogP) is 0.772. The Morgan fingerprint density at radius 3 is 2.42 bits per heavy atom. The molecule has 0 rings (SSSR count). The van der Waals surface area contributed by atoms with Gasteiger partial charge in [-0.25, -0.2) is 9.59 Å². The van der Waals surface area contributed by atoms with E-state index in [0.29, 0.717) is 0 Å². The molecule has 70 valence electrons. The van der Waals surface area contributed by atoms with E-state index in [1.807, 2.05) is 5.32 Å². The topological polar surface area (TPSA) is 75.6 Å². The smallest absolute Gasteiger partial charge is 0.405 e. The summed E-state index contributed by atoms with van der Waals surface area (Å²) in [6.45, 7) is 2.77. The molecule has 0 heterocycles. The number of esters is 1. The molecular formula is C6H10ClNO4. The number of ether oxygens (including phenoxy) is 1. The SMILES string of the molecule is CC(C)(NC(=O)O)C(=O)OCCl. The molecule has 2 N–H and O–H groups in total. The van der Waals surface area contributed by atoms with Gasteiger partial charge in [0.25, 0.3) is 0 Å². The molecule has 0 aliphatic rings. The van der Waals surface area contributed by atoms with E-state index in [-0.39, 0.29) is 6.07 Å². The first-order valence-electron chi connectivity index (χ1n) is 3.14. The van der Waals surface area contributed by atoms with E-state index >= 15 is 0 Å². The van der Waals surface area contributed by atoms with E-state index in [2.05, 4.69) is 4.74 Å². The molecule has 0 spiro atoms. The van der Waals surface area contributed by atoms with Gasteiger partial charge >= 0.3 is 12.1 Å². The molecule has 0 aromatic carbocycles. The highest BCUT2D eigenvalue weighted by atomic mass is 35.5. The molecule has 0 aromatic rings. The number of alkyl halides is 1. The van der Waals surface area contributed by atoms with E-state index in [1.54, 1.807) is 0 Å². The fourth-order valence-electron chi connectivity index (χ4n) is 0.548. The fraction of sp³-hybridized carbons (Fsp3) is 0.667. The first-order chi connectivity index (χ1) is 5.40. The summed E-state index contributed by atoms with van der Waals surface area (Å²) in [7, 11) is 0. The van der Waals surface area contributed by atoms with E-state index in [0.717, 1.165) is 0 Å². The van der Waals surface area contributed by atoms with Crippen molar-refractivity contribution in [2.24, 2.45) is 0 Å². The summed E-state index contributed by atoms with van der Waals surface area (Å²) in [6.07, 6.45) is -1.29. The Balaban J connectivity index is 4.18. The summed E-state index contributed by atoms with van der Waals surface area (Å²) in [5.74, 6) is -0.708. The van der Waals surface area contributed by atoms with Crippen LogP contribution in [-0.2, 0) is 9.53 Å². The number of hydrogen-bond donors (Lipinski definition) is 2. The lowest BCUT2D eigenvalue weighted by Crippen LogP contribution is -2.50. The average molecular weight is 196 g/mol. The van der Waals surface area contributed by atoms with Gasteiger partial charge in [-0.3, -0.25) is 0 Å². The predicted molar refractivity (Wildman–Crippen MR) is 42.1 cm³/mol. The number of nitrogens with one attached hydrogen (secondary N) is 1. The van der Waals surface area contributed by atoms with Gasteiger partial charge in [0.15, 0.2) is 6.07 Å². The first-order valence-corrected chi connectivity index (χ1v) is 3.68. The van der Waals surface area contributed by atoms with Crippen molar-refractivity contribution in [2.75, 3.05) is 6.07 Å². The van der Waals surface area contributed by atoms with Crippen molar-refractivity contribution in [1.29, 1.82) is 0 Å². The quantitative estimate of drug-likeness (QED) is 0.515. The van der Waals surface area contributed by atoms with E-state index < -0.39 is 17.6 Å². The first kappa shape index (κ1) is 11.0. The molecule has 0 radical (unpaired) electrons. The number of halogens is 1. The second-order valence-electron chi connectivity index (χ2n) is 2.60. The minimum atomic E-state index is -1.29. The summed E-state index contributed by atoms with van der Waals surface area (Å²) in [5, 5.41) is 10.3. The lowest BCUT2D eigenvalue weighted by molar-refractivity contribution is -0.147. The standard InChI is InChI=1S/C6H10ClNO4/c1-6(2,8-5(10)11)4(9)12-3-7/h8H,3H2,1-2H3,(H,10,11). The molecule has 6 heteroatoms. The molecule has 0 aliphatic carbocycles. The molecule has 0 saturated heterocycles. The minimum Gasteiger partial charge on any atom is -0.465 e. The second-order valence-corrected chi connectivity index (χ2v) is 2.81. The van der Waals surface area contributed by atoms with Crippen LogP contribution in [0, 0.1) is 0 Å². The third-order valence-corrected chi connectivity index (χ3v) is 1.22. The highest BCUT2D eigenvalue weighted by Crippen LogP contribution is 2.05. The number of rotatable bonds is 3. The summed E-state index contributed by atoms with van der Waals surface area (Å²) in [5.41, 5.74) is -1.26. The highest BCUT2D eigenvalue weighted by molar-refractivity contribution is 6.17. The molecule has 0 aliphatic heterocycles. The maximum Gasteiger partial charge on any atom is 0.405 e. The van der Waals surface area contributed by atoms with E-state index in [4.69, 9.17) is 16.7 Å². The summed E-state index contributed by atoms with van der Waals surface area (Å²) < 4.78 is 4.41. The van der Waals surface area contributed by atoms with Gasteiger partial charge in [0, 0.05) is 0 Å². The van der Waals surface area contributed by atoms with Crippen LogP contribution in [0.1, 0.15) is 13.8 Å². The molecule has 1 amide bonds. The molecule has 0 aromatic heterocycles. The Morgan fingerprint density at radius 1 is 1.58 bits per heavy atom. The highest BCUT2D eigenvalue weighted by Gasteiger charge is 2.30. The van der Waals surface area contributed by atoms with Gasteiger partial charge in [-0.05, 0) is 13.8 Å². The van der Waals surface area contributed by atoms with Gasteiger partial charge in [-0.15, -0.1) is 0 Å². The summed E-state index contributed by atoms with van der Waals surface area (Å²) in [4.78, 5) is 21.1. The third-order valence-electron chi connectivity index (χ3n) is 1.12. The normalized spacial score (nSPS) is 10.6. The average Bonchev–Trinajstić information content (AvgIpc) is 1.85. The number of carboxylic acid groups (broad SMARTS) is 1. The maximum atomic E-state index is 11.0. The summed E-state index contributed by atoms with van der Waals surface area (Å²) >= 11 is 5.12. The van der Waals surface area contributed by atoms with Crippen LogP contribution >= 0.6 is 11.6 Å². The van der Waals surface area contributed by atoms with Gasteiger partial charge in [0.1, 0.15) is 5.54 Å². The van der Waals surface area contributed by atoms with Gasteiger partial charge in [0.2, 0.25) is 0 Å². The Hall–Kier alpha value is -0.970. The molecule has 5 nitrogen and oxygen atoms in total. The number of carbonyl (C=O) groups is 2. The van der Waals surface area contributed by atoms with E-state index in [1.165, 1.54) is 13.8 Å². The van der Waals surface area contributed by atoms with Crippen molar-refractivity contribution in [3.8, 4) is 0 Å². The lowest BCUT2D eigenvalue weighted by Gasteiger charge is -2.21. The van der Waals surface area contributed by atoms with Crippen LogP contribution in [0.5, 0.6) is 0 Å². The molecule has 0 unspecified atom stereocenters. The molecular weight excluding hydrogens is 186 g/mol. The van der Waals surface area contributed by atoms with Crippen LogP contribution < -0.4 is 5.32 Å². The van der Waals surface area contributed by atoms with Crippen LogP contribution in [0.15, 0.2) is 0 Å². The Kier molecular flexibility index (Phi) is 3.82. The molecule has 0 atom stereocenters. The fourth-order valence-corrected chi connectivity index (χ4v) is 0.647. The maximum absolute atomic E-state index is 11.0. The van der Waals surface area contributed by atoms with Crippen LogP contribution in [0.3, 0.4) is 0 Å². The lowest BCUT2D eigenvalue weighted by atomic mass is 10.1. The number of amides is 1. The van der Waals surface area contributed by atoms with Crippen molar-refractivity contribution in [3.05, 3.63) is 0 Å². The van der Waals surface area contributed by atoms with Crippen LogP contribution in [-0.4, -0.2) is 28.8 Å². The Bertz CT molecular complexity index is 192. The minimum absolute atomic E-state index is 0.288. The van der Waals surface area contributed by atoms with Crippen LogP contribution in [0.4, 0.5) is 4.79 Å². The Morgan fingerprint density at radius 2 is 2.08 bits per heavy atom. The van der Waals surface area contributed by atoms with Gasteiger partial charge in [-0.1, -0.05) is 11.6 Å². The van der Waals surface area contributed by atoms with E-state index in [9.17, 15) is 9.59 Å². The van der Waals surface area contributed by atoms with Gasteiger partial charge in [-0.2, -0.15) is 0 Å². The molecule has 12 heavy (non-hydrogen) atoms. The largest absolute Gasteiger partial charge is 0.465 e. The summed E-state index contributed by atoms with van der Waals surface area (Å²) in [6, 6.07) is -0.288.